The molecule has 0 spiro atoms. The molecule has 0 aliphatic carbocycles. The number of nitrogens with zero attached hydrogens (tertiary/aromatic N) is 2. The van der Waals surface area contributed by atoms with Gasteiger partial charge in [-0.2, -0.15) is 0 Å². The molecular formula is C20H22N4O4S2. The number of nitrogens with two attached hydrogens (primary N) is 2. The van der Waals surface area contributed by atoms with E-state index in [2.05, 4.69) is 4.90 Å². The Morgan fingerprint density at radius 3 is 2.43 bits per heavy atom. The van der Waals surface area contributed by atoms with Crippen LogP contribution < -0.4 is 16.4 Å². The fraction of sp³-hybridized carbons (Fsp3) is 0.300. The number of benzene rings is 1. The Morgan fingerprint density at radius 2 is 1.87 bits per heavy atom. The summed E-state index contributed by atoms with van der Waals surface area (Å²) in [6.45, 7) is 1.53. The van der Waals surface area contributed by atoms with Gasteiger partial charge in [0.25, 0.3) is 0 Å². The average molecular weight is 447 g/mol. The molecule has 3 heterocycles. The minimum Gasteiger partial charge on any atom is -0.477 e. The van der Waals surface area contributed by atoms with Crippen LogP contribution in [0.4, 0.5) is 11.5 Å². The van der Waals surface area contributed by atoms with Crippen LogP contribution in [0.25, 0.3) is 21.3 Å². The Hall–Kier alpha value is -2.69. The third-order valence-corrected chi connectivity index (χ3v) is 7.55. The molecule has 30 heavy (non-hydrogen) atoms. The maximum absolute atomic E-state index is 11.8. The number of thiophene rings is 1. The van der Waals surface area contributed by atoms with Crippen LogP contribution in [0.2, 0.25) is 0 Å². The van der Waals surface area contributed by atoms with Gasteiger partial charge in [0.2, 0.25) is 0 Å². The third kappa shape index (κ3) is 3.73. The third-order valence-electron chi connectivity index (χ3n) is 5.34. The van der Waals surface area contributed by atoms with Crippen LogP contribution >= 0.6 is 11.3 Å². The zero-order chi connectivity index (χ0) is 21.6. The van der Waals surface area contributed by atoms with Gasteiger partial charge < -0.3 is 21.5 Å². The van der Waals surface area contributed by atoms with Gasteiger partial charge in [0.15, 0.2) is 9.84 Å². The highest BCUT2D eigenvalue weighted by Crippen LogP contribution is 2.41. The fourth-order valence-corrected chi connectivity index (χ4v) is 5.25. The number of piperidine rings is 1. The first-order valence-electron chi connectivity index (χ1n) is 9.42. The lowest BCUT2D eigenvalue weighted by Crippen LogP contribution is -2.40. The predicted octanol–water partition coefficient (Wildman–Crippen LogP) is 2.57. The van der Waals surface area contributed by atoms with E-state index in [-0.39, 0.29) is 21.5 Å². The van der Waals surface area contributed by atoms with Gasteiger partial charge in [-0.15, -0.1) is 11.3 Å². The van der Waals surface area contributed by atoms with Crippen LogP contribution in [0.1, 0.15) is 22.5 Å². The number of fused-ring (bicyclic) bond motifs is 1. The van der Waals surface area contributed by atoms with Crippen LogP contribution in [0.15, 0.2) is 35.2 Å². The first-order valence-corrected chi connectivity index (χ1v) is 12.1. The summed E-state index contributed by atoms with van der Waals surface area (Å²) in [5, 5.41) is 10.1. The normalized spacial score (nSPS) is 15.6. The number of pyridine rings is 1. The molecular weight excluding hydrogens is 424 g/mol. The number of anilines is 2. The van der Waals surface area contributed by atoms with Gasteiger partial charge in [0.05, 0.1) is 10.6 Å². The molecule has 3 aromatic rings. The van der Waals surface area contributed by atoms with Crippen molar-refractivity contribution in [2.75, 3.05) is 30.0 Å². The van der Waals surface area contributed by atoms with Gasteiger partial charge in [-0.05, 0) is 42.2 Å². The fourth-order valence-electron chi connectivity index (χ4n) is 3.67. The Balaban J connectivity index is 1.90. The van der Waals surface area contributed by atoms with Crippen LogP contribution in [0.5, 0.6) is 0 Å². The number of carbonyl (C=O) groups is 1. The number of carboxylic acid groups (broad SMARTS) is 1. The lowest BCUT2D eigenvalue weighted by Gasteiger charge is -2.31. The van der Waals surface area contributed by atoms with E-state index in [0.29, 0.717) is 10.2 Å². The van der Waals surface area contributed by atoms with Crippen molar-refractivity contribution in [2.45, 2.75) is 23.8 Å². The van der Waals surface area contributed by atoms with Crippen molar-refractivity contribution in [2.24, 2.45) is 5.73 Å². The molecule has 0 atom stereocenters. The standard InChI is InChI=1S/C20H22N4O4S2/c1-30(27,28)13-4-2-11(3-5-13)14-10-15(24-8-6-12(21)7-9-24)23-19-16(14)17(22)18(29-19)20(25)26/h2-5,10,12H,6-9,21-22H2,1H3,(H,25,26). The van der Waals surface area contributed by atoms with E-state index in [1.165, 1.54) is 12.1 Å². The highest BCUT2D eigenvalue weighted by Gasteiger charge is 2.24. The molecule has 0 saturated carbocycles. The Kier molecular flexibility index (Phi) is 5.16. The van der Waals surface area contributed by atoms with Crippen LogP contribution in [0.3, 0.4) is 0 Å². The number of sulfone groups is 1. The van der Waals surface area contributed by atoms with Crippen molar-refractivity contribution in [3.8, 4) is 11.1 Å². The first-order chi connectivity index (χ1) is 14.1. The molecule has 1 saturated heterocycles. The van der Waals surface area contributed by atoms with E-state index >= 15 is 0 Å². The second-order valence-corrected chi connectivity index (χ2v) is 10.5. The maximum atomic E-state index is 11.8. The van der Waals surface area contributed by atoms with Crippen molar-refractivity contribution in [3.63, 3.8) is 0 Å². The molecule has 1 aliphatic heterocycles. The SMILES string of the molecule is CS(=O)(=O)c1ccc(-c2cc(N3CCC(N)CC3)nc3sc(C(=O)O)c(N)c23)cc1. The lowest BCUT2D eigenvalue weighted by atomic mass is 10.0. The van der Waals surface area contributed by atoms with E-state index in [4.69, 9.17) is 16.5 Å². The molecule has 2 aromatic heterocycles. The Labute approximate surface area is 178 Å². The monoisotopic (exact) mass is 446 g/mol. The molecule has 1 aliphatic rings. The molecule has 10 heteroatoms. The molecule has 0 bridgehead atoms. The highest BCUT2D eigenvalue weighted by atomic mass is 32.2. The van der Waals surface area contributed by atoms with Crippen molar-refractivity contribution in [3.05, 3.63) is 35.2 Å². The number of aromatic nitrogens is 1. The van der Waals surface area contributed by atoms with Gasteiger partial charge in [0.1, 0.15) is 15.5 Å². The van der Waals surface area contributed by atoms with Gasteiger partial charge in [-0.25, -0.2) is 18.2 Å². The molecule has 1 fully saturated rings. The number of hydrogen-bond acceptors (Lipinski definition) is 8. The zero-order valence-electron chi connectivity index (χ0n) is 16.3. The smallest absolute Gasteiger partial charge is 0.348 e. The summed E-state index contributed by atoms with van der Waals surface area (Å²) in [4.78, 5) is 19.3. The molecule has 8 nitrogen and oxygen atoms in total. The summed E-state index contributed by atoms with van der Waals surface area (Å²) >= 11 is 1.04. The van der Waals surface area contributed by atoms with Gasteiger partial charge >= 0.3 is 5.97 Å². The van der Waals surface area contributed by atoms with Crippen molar-refractivity contribution in [1.82, 2.24) is 4.98 Å². The number of carboxylic acids is 1. The van der Waals surface area contributed by atoms with Crippen molar-refractivity contribution < 1.29 is 18.3 Å². The van der Waals surface area contributed by atoms with Gasteiger partial charge in [0, 0.05) is 30.8 Å². The highest BCUT2D eigenvalue weighted by molar-refractivity contribution is 7.90. The summed E-state index contributed by atoms with van der Waals surface area (Å²) in [7, 11) is -3.32. The first kappa shape index (κ1) is 20.6. The van der Waals surface area contributed by atoms with Crippen molar-refractivity contribution >= 4 is 48.9 Å². The number of aromatic carboxylic acids is 1. The van der Waals surface area contributed by atoms with Crippen LogP contribution in [-0.4, -0.2) is 49.9 Å². The average Bonchev–Trinajstić information content (AvgIpc) is 3.04. The number of rotatable bonds is 4. The van der Waals surface area contributed by atoms with E-state index in [0.717, 1.165) is 60.5 Å². The molecule has 1 aromatic carbocycles. The Bertz CT molecular complexity index is 1230. The van der Waals surface area contributed by atoms with Crippen molar-refractivity contribution in [1.29, 1.82) is 0 Å². The van der Waals surface area contributed by atoms with Crippen LogP contribution in [-0.2, 0) is 9.84 Å². The number of hydrogen-bond donors (Lipinski definition) is 3. The quantitative estimate of drug-likeness (QED) is 0.555. The van der Waals surface area contributed by atoms with Gasteiger partial charge in [-0.3, -0.25) is 0 Å². The molecule has 4 rings (SSSR count). The summed E-state index contributed by atoms with van der Waals surface area (Å²) in [5.41, 5.74) is 13.8. The largest absolute Gasteiger partial charge is 0.477 e. The van der Waals surface area contributed by atoms with E-state index in [1.807, 2.05) is 6.07 Å². The van der Waals surface area contributed by atoms with Gasteiger partial charge in [-0.1, -0.05) is 12.1 Å². The Morgan fingerprint density at radius 1 is 1.23 bits per heavy atom. The molecule has 0 unspecified atom stereocenters. The second-order valence-electron chi connectivity index (χ2n) is 7.48. The molecule has 5 N–H and O–H groups in total. The minimum absolute atomic E-state index is 0.0457. The minimum atomic E-state index is -3.32. The molecule has 0 amide bonds. The van der Waals surface area contributed by atoms with E-state index < -0.39 is 15.8 Å². The zero-order valence-corrected chi connectivity index (χ0v) is 18.0. The summed E-state index contributed by atoms with van der Waals surface area (Å²) in [6, 6.07) is 8.55. The summed E-state index contributed by atoms with van der Waals surface area (Å²) in [6.07, 6.45) is 2.86. The topological polar surface area (TPSA) is 140 Å². The predicted molar refractivity (Wildman–Crippen MR) is 119 cm³/mol. The van der Waals surface area contributed by atoms with E-state index in [9.17, 15) is 18.3 Å². The molecule has 0 radical (unpaired) electrons. The number of nitrogen functional groups attached to an aromatic ring is 1. The maximum Gasteiger partial charge on any atom is 0.348 e. The summed E-state index contributed by atoms with van der Waals surface area (Å²) in [5.74, 6) is -0.367. The summed E-state index contributed by atoms with van der Waals surface area (Å²) < 4.78 is 23.6. The second kappa shape index (κ2) is 7.53. The van der Waals surface area contributed by atoms with E-state index in [1.54, 1.807) is 12.1 Å². The lowest BCUT2D eigenvalue weighted by molar-refractivity contribution is 0.0703. The van der Waals surface area contributed by atoms with Crippen LogP contribution in [0, 0.1) is 0 Å². The molecule has 158 valence electrons.